The summed E-state index contributed by atoms with van der Waals surface area (Å²) in [5.41, 5.74) is 0.354. The average molecular weight is 255 g/mol. The van der Waals surface area contributed by atoms with Gasteiger partial charge in [-0.15, -0.1) is 0 Å². The van der Waals surface area contributed by atoms with Crippen molar-refractivity contribution in [1.82, 2.24) is 5.32 Å². The monoisotopic (exact) mass is 255 g/mol. The average Bonchev–Trinajstić information content (AvgIpc) is 2.28. The molecule has 0 aromatic carbocycles. The maximum atomic E-state index is 11.6. The Labute approximate surface area is 112 Å². The maximum absolute atomic E-state index is 11.6. The maximum Gasteiger partial charge on any atom is 0.307 e. The number of rotatable bonds is 4. The van der Waals surface area contributed by atoms with Crippen LogP contribution >= 0.6 is 0 Å². The fourth-order valence-electron chi connectivity index (χ4n) is 3.18. The first kappa shape index (κ1) is 15.5. The first-order chi connectivity index (χ1) is 8.33. The zero-order valence-corrected chi connectivity index (χ0v) is 12.6. The van der Waals surface area contributed by atoms with Crippen LogP contribution in [0.3, 0.4) is 0 Å². The lowest BCUT2D eigenvalue weighted by molar-refractivity contribution is -0.143. The van der Waals surface area contributed by atoms with Gasteiger partial charge in [0, 0.05) is 5.54 Å². The summed E-state index contributed by atoms with van der Waals surface area (Å²) in [7, 11) is 1.47. The molecular formula is C15H29NO2. The van der Waals surface area contributed by atoms with Crippen LogP contribution in [0.5, 0.6) is 0 Å². The summed E-state index contributed by atoms with van der Waals surface area (Å²) in [5.74, 6) is 0.673. The van der Waals surface area contributed by atoms with Gasteiger partial charge in [-0.25, -0.2) is 0 Å². The summed E-state index contributed by atoms with van der Waals surface area (Å²) in [5, 5.41) is 3.53. The Balaban J connectivity index is 2.65. The molecule has 106 valence electrons. The summed E-state index contributed by atoms with van der Waals surface area (Å²) in [6.45, 7) is 9.97. The van der Waals surface area contributed by atoms with Crippen molar-refractivity contribution in [3.05, 3.63) is 0 Å². The Hall–Kier alpha value is -0.570. The second-order valence-corrected chi connectivity index (χ2v) is 6.70. The molecule has 1 aliphatic rings. The van der Waals surface area contributed by atoms with Gasteiger partial charge in [-0.2, -0.15) is 0 Å². The van der Waals surface area contributed by atoms with E-state index in [0.717, 1.165) is 25.3 Å². The molecule has 18 heavy (non-hydrogen) atoms. The number of nitrogens with one attached hydrogen (secondary N) is 1. The van der Waals surface area contributed by atoms with Gasteiger partial charge in [-0.1, -0.05) is 27.7 Å². The van der Waals surface area contributed by atoms with Gasteiger partial charge in [-0.3, -0.25) is 4.79 Å². The van der Waals surface area contributed by atoms with Gasteiger partial charge in [0.1, 0.15) is 0 Å². The second kappa shape index (κ2) is 6.05. The van der Waals surface area contributed by atoms with E-state index in [1.165, 1.54) is 20.0 Å². The van der Waals surface area contributed by atoms with Crippen LogP contribution in [0.1, 0.15) is 59.8 Å². The van der Waals surface area contributed by atoms with Crippen molar-refractivity contribution in [1.29, 1.82) is 0 Å². The Kier molecular flexibility index (Phi) is 5.20. The highest BCUT2D eigenvalue weighted by atomic mass is 16.5. The van der Waals surface area contributed by atoms with Crippen LogP contribution in [0.15, 0.2) is 0 Å². The molecule has 3 nitrogen and oxygen atoms in total. The van der Waals surface area contributed by atoms with Gasteiger partial charge in [0.2, 0.25) is 0 Å². The van der Waals surface area contributed by atoms with E-state index in [2.05, 4.69) is 33.0 Å². The third-order valence-electron chi connectivity index (χ3n) is 4.43. The molecule has 1 fully saturated rings. The second-order valence-electron chi connectivity index (χ2n) is 6.70. The minimum Gasteiger partial charge on any atom is -0.469 e. The Bertz CT molecular complexity index is 273. The molecule has 1 aliphatic carbocycles. The van der Waals surface area contributed by atoms with Crippen LogP contribution in [0.25, 0.3) is 0 Å². The van der Waals surface area contributed by atoms with E-state index < -0.39 is 0 Å². The Morgan fingerprint density at radius 3 is 2.28 bits per heavy atom. The Morgan fingerprint density at radius 1 is 1.33 bits per heavy atom. The number of methoxy groups -OCH3 is 1. The summed E-state index contributed by atoms with van der Waals surface area (Å²) in [4.78, 5) is 11.6. The zero-order valence-electron chi connectivity index (χ0n) is 12.6. The van der Waals surface area contributed by atoms with Crippen LogP contribution < -0.4 is 5.32 Å². The lowest BCUT2D eigenvalue weighted by Gasteiger charge is -2.44. The number of esters is 1. The smallest absolute Gasteiger partial charge is 0.307 e. The molecule has 0 bridgehead atoms. The molecule has 0 spiro atoms. The largest absolute Gasteiger partial charge is 0.469 e. The molecule has 0 aromatic heterocycles. The van der Waals surface area contributed by atoms with Crippen molar-refractivity contribution >= 4 is 5.97 Å². The van der Waals surface area contributed by atoms with Gasteiger partial charge in [0.25, 0.3) is 0 Å². The molecule has 3 heteroatoms. The highest BCUT2D eigenvalue weighted by Gasteiger charge is 2.39. The summed E-state index contributed by atoms with van der Waals surface area (Å²) >= 11 is 0. The number of hydrogen-bond donors (Lipinski definition) is 1. The third kappa shape index (κ3) is 3.98. The van der Waals surface area contributed by atoms with E-state index in [9.17, 15) is 4.79 Å². The van der Waals surface area contributed by atoms with Gasteiger partial charge in [0.05, 0.1) is 13.5 Å². The molecule has 0 unspecified atom stereocenters. The van der Waals surface area contributed by atoms with Crippen LogP contribution in [0, 0.1) is 11.3 Å². The minimum atomic E-state index is -0.0924. The van der Waals surface area contributed by atoms with E-state index in [1.54, 1.807) is 0 Å². The van der Waals surface area contributed by atoms with E-state index in [0.29, 0.717) is 11.8 Å². The fraction of sp³-hybridized carbons (Fsp3) is 0.933. The minimum absolute atomic E-state index is 0.0242. The molecule has 1 saturated carbocycles. The summed E-state index contributed by atoms with van der Waals surface area (Å²) in [6, 6.07) is 0. The van der Waals surface area contributed by atoms with Gasteiger partial charge < -0.3 is 10.1 Å². The predicted molar refractivity (Wildman–Crippen MR) is 74.5 cm³/mol. The summed E-state index contributed by atoms with van der Waals surface area (Å²) < 4.78 is 4.84. The van der Waals surface area contributed by atoms with E-state index in [4.69, 9.17) is 4.74 Å². The number of carbonyl (C=O) groups excluding carboxylic acids is 1. The van der Waals surface area contributed by atoms with Crippen LogP contribution in [-0.4, -0.2) is 25.2 Å². The van der Waals surface area contributed by atoms with Crippen LogP contribution in [0.4, 0.5) is 0 Å². The van der Waals surface area contributed by atoms with Gasteiger partial charge in [0.15, 0.2) is 0 Å². The third-order valence-corrected chi connectivity index (χ3v) is 4.43. The number of carbonyl (C=O) groups is 1. The first-order valence-corrected chi connectivity index (χ1v) is 7.15. The number of hydrogen-bond acceptors (Lipinski definition) is 3. The first-order valence-electron chi connectivity index (χ1n) is 7.15. The van der Waals surface area contributed by atoms with Crippen LogP contribution in [0.2, 0.25) is 0 Å². The molecule has 0 amide bonds. The molecule has 0 aromatic rings. The van der Waals surface area contributed by atoms with Gasteiger partial charge in [-0.05, 0) is 43.6 Å². The standard InChI is InChI=1S/C15H29NO2/c1-6-16-15(11-13(17)18-5)9-7-12(8-10-15)14(2,3)4/h12,16H,6-11H2,1-5H3. The molecule has 0 saturated heterocycles. The van der Waals surface area contributed by atoms with Crippen molar-refractivity contribution in [3.8, 4) is 0 Å². The van der Waals surface area contributed by atoms with Crippen molar-refractivity contribution in [2.75, 3.05) is 13.7 Å². The topological polar surface area (TPSA) is 38.3 Å². The lowest BCUT2D eigenvalue weighted by atomic mass is 9.66. The normalized spacial score (nSPS) is 29.1. The Morgan fingerprint density at radius 2 is 1.89 bits per heavy atom. The molecule has 1 N–H and O–H groups in total. The van der Waals surface area contributed by atoms with E-state index in [-0.39, 0.29) is 11.5 Å². The van der Waals surface area contributed by atoms with Crippen LogP contribution in [-0.2, 0) is 9.53 Å². The van der Waals surface area contributed by atoms with Gasteiger partial charge >= 0.3 is 5.97 Å². The molecule has 0 heterocycles. The van der Waals surface area contributed by atoms with E-state index >= 15 is 0 Å². The lowest BCUT2D eigenvalue weighted by Crippen LogP contribution is -2.50. The SMILES string of the molecule is CCNC1(CC(=O)OC)CCC(C(C)(C)C)CC1. The highest BCUT2D eigenvalue weighted by Crippen LogP contribution is 2.42. The van der Waals surface area contributed by atoms with Crippen molar-refractivity contribution in [2.24, 2.45) is 11.3 Å². The van der Waals surface area contributed by atoms with E-state index in [1.807, 2.05) is 0 Å². The van der Waals surface area contributed by atoms with Crippen molar-refractivity contribution < 1.29 is 9.53 Å². The summed E-state index contributed by atoms with van der Waals surface area (Å²) in [6.07, 6.45) is 5.07. The fourth-order valence-corrected chi connectivity index (χ4v) is 3.18. The number of ether oxygens (including phenoxy) is 1. The molecule has 0 aliphatic heterocycles. The molecule has 0 atom stereocenters. The van der Waals surface area contributed by atoms with Crippen molar-refractivity contribution in [3.63, 3.8) is 0 Å². The van der Waals surface area contributed by atoms with Crippen molar-refractivity contribution in [2.45, 2.75) is 65.3 Å². The predicted octanol–water partition coefficient (Wildman–Crippen LogP) is 3.13. The highest BCUT2D eigenvalue weighted by molar-refractivity contribution is 5.70. The quantitative estimate of drug-likeness (QED) is 0.784. The zero-order chi connectivity index (χ0) is 13.8. The molecular weight excluding hydrogens is 226 g/mol. The molecule has 0 radical (unpaired) electrons. The molecule has 1 rings (SSSR count).